The van der Waals surface area contributed by atoms with E-state index in [9.17, 15) is 0 Å². The van der Waals surface area contributed by atoms with Crippen LogP contribution >= 0.6 is 0 Å². The van der Waals surface area contributed by atoms with Gasteiger partial charge in [0.25, 0.3) is 0 Å². The van der Waals surface area contributed by atoms with Crippen LogP contribution in [0.5, 0.6) is 0 Å². The third kappa shape index (κ3) is 6.06. The van der Waals surface area contributed by atoms with Gasteiger partial charge in [-0.05, 0) is 142 Å². The van der Waals surface area contributed by atoms with Crippen molar-refractivity contribution in [2.24, 2.45) is 0 Å². The maximum absolute atomic E-state index is 2.53. The van der Waals surface area contributed by atoms with Gasteiger partial charge >= 0.3 is 0 Å². The van der Waals surface area contributed by atoms with E-state index in [0.29, 0.717) is 0 Å². The molecule has 11 aromatic carbocycles. The van der Waals surface area contributed by atoms with Gasteiger partial charge in [-0.3, -0.25) is 0 Å². The number of hydrogen-bond donors (Lipinski definition) is 0. The van der Waals surface area contributed by atoms with Crippen LogP contribution in [0.25, 0.3) is 77.9 Å². The summed E-state index contributed by atoms with van der Waals surface area (Å²) in [5, 5.41) is 0. The summed E-state index contributed by atoms with van der Waals surface area (Å²) in [5.74, 6) is 0. The van der Waals surface area contributed by atoms with Crippen LogP contribution in [-0.4, -0.2) is 0 Å². The lowest BCUT2D eigenvalue weighted by molar-refractivity contribution is 0.660. The van der Waals surface area contributed by atoms with Gasteiger partial charge in [0, 0.05) is 22.4 Å². The second-order valence-electron chi connectivity index (χ2n) is 19.9. The molecule has 0 N–H and O–H groups in total. The van der Waals surface area contributed by atoms with Crippen LogP contribution in [-0.2, 0) is 10.8 Å². The van der Waals surface area contributed by atoms with Gasteiger partial charge in [0.1, 0.15) is 0 Å². The van der Waals surface area contributed by atoms with Gasteiger partial charge < -0.3 is 4.90 Å². The Bertz CT molecular complexity index is 3830. The van der Waals surface area contributed by atoms with Crippen LogP contribution in [0.3, 0.4) is 0 Å². The average Bonchev–Trinajstić information content (AvgIpc) is 4.00. The largest absolute Gasteiger partial charge is 0.310 e. The van der Waals surface area contributed by atoms with Crippen molar-refractivity contribution in [3.63, 3.8) is 0 Å². The maximum Gasteiger partial charge on any atom is 0.0726 e. The Balaban J connectivity index is 1.02. The zero-order valence-corrected chi connectivity index (χ0v) is 39.8. The van der Waals surface area contributed by atoms with E-state index >= 15 is 0 Å². The van der Waals surface area contributed by atoms with E-state index in [1.165, 1.54) is 111 Å². The Kier molecular flexibility index (Phi) is 9.22. The number of rotatable bonds is 7. The first-order valence-corrected chi connectivity index (χ1v) is 24.9. The molecule has 1 heteroatoms. The summed E-state index contributed by atoms with van der Waals surface area (Å²) in [6, 6.07) is 97.4. The number of nitrogens with zero attached hydrogens (tertiary/aromatic N) is 1. The van der Waals surface area contributed by atoms with Gasteiger partial charge in [0.2, 0.25) is 0 Å². The van der Waals surface area contributed by atoms with E-state index in [1.807, 2.05) is 0 Å². The lowest BCUT2D eigenvalue weighted by Gasteiger charge is -2.33. The van der Waals surface area contributed by atoms with E-state index in [0.717, 1.165) is 17.1 Å². The van der Waals surface area contributed by atoms with Crippen molar-refractivity contribution in [1.29, 1.82) is 0 Å². The molecule has 1 spiro atoms. The third-order valence-corrected chi connectivity index (χ3v) is 15.9. The molecule has 1 nitrogen and oxygen atoms in total. The van der Waals surface area contributed by atoms with E-state index in [2.05, 4.69) is 280 Å². The summed E-state index contributed by atoms with van der Waals surface area (Å²) >= 11 is 0. The van der Waals surface area contributed by atoms with Crippen LogP contribution < -0.4 is 4.90 Å². The van der Waals surface area contributed by atoms with E-state index in [1.54, 1.807) is 0 Å². The molecule has 3 aliphatic rings. The quantitative estimate of drug-likeness (QED) is 0.154. The summed E-state index contributed by atoms with van der Waals surface area (Å²) in [5.41, 5.74) is 28.2. The smallest absolute Gasteiger partial charge is 0.0726 e. The number of benzene rings is 11. The highest BCUT2D eigenvalue weighted by atomic mass is 15.1. The highest BCUT2D eigenvalue weighted by Crippen LogP contribution is 2.63. The van der Waals surface area contributed by atoms with Gasteiger partial charge in [0.05, 0.1) is 11.1 Å². The van der Waals surface area contributed by atoms with Gasteiger partial charge in [-0.1, -0.05) is 238 Å². The van der Waals surface area contributed by atoms with Crippen molar-refractivity contribution in [2.75, 3.05) is 4.90 Å². The summed E-state index contributed by atoms with van der Waals surface area (Å²) in [6.07, 6.45) is 0. The molecule has 3 aliphatic carbocycles. The minimum atomic E-state index is -0.486. The molecule has 11 aromatic rings. The SMILES string of the molecule is CC1(C)c2ccccc2-c2ccc(-c3ccc(N(c4ccc5c(c4)C4(c6ccccc6-c6ccccc64)c4ccccc4-5)c4cccc(-c5ccccc5)c4-c4ccccc4-c4ccccc4)cc3)cc21. The van der Waals surface area contributed by atoms with Crippen molar-refractivity contribution in [3.05, 3.63) is 294 Å². The molecule has 0 saturated heterocycles. The van der Waals surface area contributed by atoms with Crippen LogP contribution in [0.4, 0.5) is 17.1 Å². The topological polar surface area (TPSA) is 3.24 Å². The van der Waals surface area contributed by atoms with Crippen molar-refractivity contribution in [2.45, 2.75) is 24.7 Å². The van der Waals surface area contributed by atoms with Gasteiger partial charge in [-0.15, -0.1) is 0 Å². The summed E-state index contributed by atoms with van der Waals surface area (Å²) in [7, 11) is 0. The number of hydrogen-bond acceptors (Lipinski definition) is 1. The average molecular weight is 904 g/mol. The third-order valence-electron chi connectivity index (χ3n) is 15.9. The monoisotopic (exact) mass is 903 g/mol. The first-order chi connectivity index (χ1) is 35.0. The van der Waals surface area contributed by atoms with E-state index < -0.39 is 5.41 Å². The van der Waals surface area contributed by atoms with Crippen LogP contribution in [0, 0.1) is 0 Å². The predicted octanol–water partition coefficient (Wildman–Crippen LogP) is 18.5. The van der Waals surface area contributed by atoms with E-state index in [4.69, 9.17) is 0 Å². The Labute approximate surface area is 416 Å². The molecule has 0 amide bonds. The normalized spacial score (nSPS) is 13.7. The molecule has 334 valence electrons. The second kappa shape index (κ2) is 15.9. The predicted molar refractivity (Wildman–Crippen MR) is 297 cm³/mol. The van der Waals surface area contributed by atoms with Gasteiger partial charge in [0.15, 0.2) is 0 Å². The molecule has 0 aliphatic heterocycles. The molecule has 0 atom stereocenters. The zero-order chi connectivity index (χ0) is 47.3. The molecule has 0 saturated carbocycles. The van der Waals surface area contributed by atoms with E-state index in [-0.39, 0.29) is 5.41 Å². The van der Waals surface area contributed by atoms with Crippen molar-refractivity contribution in [1.82, 2.24) is 0 Å². The van der Waals surface area contributed by atoms with Crippen LogP contribution in [0.15, 0.2) is 261 Å². The molecule has 14 rings (SSSR count). The van der Waals surface area contributed by atoms with Crippen molar-refractivity contribution >= 4 is 17.1 Å². The minimum absolute atomic E-state index is 0.0835. The highest BCUT2D eigenvalue weighted by molar-refractivity contribution is 6.02. The lowest BCUT2D eigenvalue weighted by atomic mass is 9.70. The van der Waals surface area contributed by atoms with Crippen molar-refractivity contribution < 1.29 is 0 Å². The standard InChI is InChI=1S/C70H49N/c1-69(2)61-31-15-11-25-54(61)58-42-38-49(44-65(58)69)46-36-39-50(40-37-46)71(67-35-19-30-53(48-22-7-4-8-23-48)68(67)60-29-10-9-24-52(60)47-20-5-3-6-21-47)51-41-43-59-57-28-14-18-34-64(57)70(66(59)45-51)62-32-16-12-26-55(62)56-27-13-17-33-63(56)70/h3-45H,1-2H3. The molecule has 0 fully saturated rings. The fourth-order valence-corrected chi connectivity index (χ4v) is 12.8. The second-order valence-corrected chi connectivity index (χ2v) is 19.9. The molecular weight excluding hydrogens is 855 g/mol. The summed E-state index contributed by atoms with van der Waals surface area (Å²) in [6.45, 7) is 4.73. The Hall–Kier alpha value is -8.78. The Morgan fingerprint density at radius 1 is 0.254 bits per heavy atom. The number of anilines is 3. The molecule has 0 radical (unpaired) electrons. The summed E-state index contributed by atoms with van der Waals surface area (Å²) < 4.78 is 0. The molecule has 0 bridgehead atoms. The molecule has 0 unspecified atom stereocenters. The molecular formula is C70H49N. The summed E-state index contributed by atoms with van der Waals surface area (Å²) in [4.78, 5) is 2.53. The van der Waals surface area contributed by atoms with Crippen LogP contribution in [0.1, 0.15) is 47.2 Å². The first kappa shape index (κ1) is 41.2. The fraction of sp³-hybridized carbons (Fsp3) is 0.0571. The minimum Gasteiger partial charge on any atom is -0.310 e. The first-order valence-electron chi connectivity index (χ1n) is 24.9. The highest BCUT2D eigenvalue weighted by Gasteiger charge is 2.51. The van der Waals surface area contributed by atoms with Gasteiger partial charge in [-0.25, -0.2) is 0 Å². The molecule has 71 heavy (non-hydrogen) atoms. The van der Waals surface area contributed by atoms with Gasteiger partial charge in [-0.2, -0.15) is 0 Å². The Morgan fingerprint density at radius 3 is 1.28 bits per heavy atom. The number of fused-ring (bicyclic) bond motifs is 13. The zero-order valence-electron chi connectivity index (χ0n) is 39.8. The lowest BCUT2D eigenvalue weighted by Crippen LogP contribution is -2.26. The fourth-order valence-electron chi connectivity index (χ4n) is 12.8. The maximum atomic E-state index is 2.53. The Morgan fingerprint density at radius 2 is 0.676 bits per heavy atom. The van der Waals surface area contributed by atoms with Crippen LogP contribution in [0.2, 0.25) is 0 Å². The molecule has 0 heterocycles. The van der Waals surface area contributed by atoms with Crippen molar-refractivity contribution in [3.8, 4) is 77.9 Å². The molecule has 0 aromatic heterocycles.